The molecule has 0 radical (unpaired) electrons. The van der Waals surface area contributed by atoms with Crippen molar-refractivity contribution in [3.8, 4) is 0 Å². The van der Waals surface area contributed by atoms with Crippen LogP contribution in [0.15, 0.2) is 0 Å². The zero-order valence-corrected chi connectivity index (χ0v) is 11.8. The third kappa shape index (κ3) is 5.95. The van der Waals surface area contributed by atoms with Crippen LogP contribution in [-0.4, -0.2) is 55.9 Å². The molecule has 1 atom stereocenters. The Morgan fingerprint density at radius 2 is 1.85 bits per heavy atom. The van der Waals surface area contributed by atoms with Crippen molar-refractivity contribution in [2.45, 2.75) is 50.4 Å². The zero-order chi connectivity index (χ0) is 15.1. The van der Waals surface area contributed by atoms with E-state index in [0.29, 0.717) is 19.8 Å². The molecule has 0 aromatic carbocycles. The molecule has 0 saturated heterocycles. The predicted molar refractivity (Wildman–Crippen MR) is 68.6 cm³/mol. The van der Waals surface area contributed by atoms with Gasteiger partial charge in [-0.05, 0) is 19.3 Å². The van der Waals surface area contributed by atoms with Crippen LogP contribution in [0, 0.1) is 0 Å². The molecule has 20 heavy (non-hydrogen) atoms. The maximum Gasteiger partial charge on any atom is 0.406 e. The fourth-order valence-electron chi connectivity index (χ4n) is 1.74. The van der Waals surface area contributed by atoms with Gasteiger partial charge < -0.3 is 19.9 Å². The van der Waals surface area contributed by atoms with Crippen LogP contribution in [0.3, 0.4) is 0 Å². The van der Waals surface area contributed by atoms with Crippen molar-refractivity contribution in [3.05, 3.63) is 0 Å². The van der Waals surface area contributed by atoms with E-state index < -0.39 is 17.8 Å². The highest BCUT2D eigenvalue weighted by Gasteiger charge is 2.63. The first-order valence-electron chi connectivity index (χ1n) is 7.06. The average Bonchev–Trinajstić information content (AvgIpc) is 3.16. The summed E-state index contributed by atoms with van der Waals surface area (Å²) in [7, 11) is 0. The lowest BCUT2D eigenvalue weighted by atomic mass is 10.2. The molecule has 7 heteroatoms. The molecule has 0 aromatic rings. The third-order valence-electron chi connectivity index (χ3n) is 3.29. The summed E-state index contributed by atoms with van der Waals surface area (Å²) in [6.07, 6.45) is -2.98. The fourth-order valence-corrected chi connectivity index (χ4v) is 1.74. The number of hydrogen-bond donors (Lipinski definition) is 2. The van der Waals surface area contributed by atoms with Crippen molar-refractivity contribution >= 4 is 0 Å². The van der Waals surface area contributed by atoms with E-state index in [1.165, 1.54) is 0 Å². The van der Waals surface area contributed by atoms with Crippen molar-refractivity contribution in [1.82, 2.24) is 5.32 Å². The quantitative estimate of drug-likeness (QED) is 0.572. The monoisotopic (exact) mass is 299 g/mol. The van der Waals surface area contributed by atoms with Crippen LogP contribution in [0.2, 0.25) is 0 Å². The van der Waals surface area contributed by atoms with Crippen LogP contribution in [0.25, 0.3) is 0 Å². The van der Waals surface area contributed by atoms with Crippen LogP contribution in [0.4, 0.5) is 13.2 Å². The number of ether oxygens (including phenoxy) is 2. The van der Waals surface area contributed by atoms with Crippen molar-refractivity contribution in [1.29, 1.82) is 0 Å². The molecule has 0 spiro atoms. The van der Waals surface area contributed by atoms with Crippen LogP contribution in [0.1, 0.15) is 32.6 Å². The first-order chi connectivity index (χ1) is 9.41. The SMILES string of the molecule is CCCCOCCOCC(O)CNC1(C(F)(F)F)CC1. The minimum Gasteiger partial charge on any atom is -0.389 e. The molecule has 1 rings (SSSR count). The second-order valence-corrected chi connectivity index (χ2v) is 5.16. The van der Waals surface area contributed by atoms with E-state index in [0.717, 1.165) is 12.8 Å². The van der Waals surface area contributed by atoms with E-state index in [1.54, 1.807) is 0 Å². The van der Waals surface area contributed by atoms with Gasteiger partial charge in [-0.15, -0.1) is 0 Å². The second-order valence-electron chi connectivity index (χ2n) is 5.16. The first kappa shape index (κ1) is 17.7. The Morgan fingerprint density at radius 3 is 2.40 bits per heavy atom. The first-order valence-corrected chi connectivity index (χ1v) is 7.06. The van der Waals surface area contributed by atoms with Gasteiger partial charge in [0.2, 0.25) is 0 Å². The summed E-state index contributed by atoms with van der Waals surface area (Å²) >= 11 is 0. The maximum absolute atomic E-state index is 12.6. The minimum atomic E-state index is -4.25. The summed E-state index contributed by atoms with van der Waals surface area (Å²) in [6, 6.07) is 0. The molecule has 1 fully saturated rings. The molecular formula is C13H24F3NO3. The lowest BCUT2D eigenvalue weighted by molar-refractivity contribution is -0.167. The van der Waals surface area contributed by atoms with Crippen molar-refractivity contribution in [2.24, 2.45) is 0 Å². The van der Waals surface area contributed by atoms with Gasteiger partial charge >= 0.3 is 6.18 Å². The molecule has 0 heterocycles. The van der Waals surface area contributed by atoms with Crippen molar-refractivity contribution in [2.75, 3.05) is 33.0 Å². The van der Waals surface area contributed by atoms with Gasteiger partial charge in [0.15, 0.2) is 0 Å². The number of β-amino-alcohol motifs (C(OH)–C–C–N with tert-alkyl or cyclic N) is 1. The molecule has 0 aromatic heterocycles. The van der Waals surface area contributed by atoms with E-state index in [2.05, 4.69) is 12.2 Å². The van der Waals surface area contributed by atoms with Gasteiger partial charge in [0.1, 0.15) is 5.54 Å². The molecule has 0 aliphatic heterocycles. The summed E-state index contributed by atoms with van der Waals surface area (Å²) in [4.78, 5) is 0. The van der Waals surface area contributed by atoms with Crippen LogP contribution < -0.4 is 5.32 Å². The van der Waals surface area contributed by atoms with Gasteiger partial charge in [-0.1, -0.05) is 13.3 Å². The van der Waals surface area contributed by atoms with E-state index in [4.69, 9.17) is 9.47 Å². The van der Waals surface area contributed by atoms with E-state index in [-0.39, 0.29) is 26.0 Å². The van der Waals surface area contributed by atoms with Gasteiger partial charge in [-0.2, -0.15) is 13.2 Å². The fraction of sp³-hybridized carbons (Fsp3) is 1.00. The van der Waals surface area contributed by atoms with Crippen LogP contribution in [-0.2, 0) is 9.47 Å². The van der Waals surface area contributed by atoms with Crippen molar-refractivity contribution < 1.29 is 27.8 Å². The lowest BCUT2D eigenvalue weighted by Crippen LogP contribution is -2.48. The summed E-state index contributed by atoms with van der Waals surface area (Å²) < 4.78 is 48.2. The smallest absolute Gasteiger partial charge is 0.389 e. The molecule has 0 bridgehead atoms. The Hall–Kier alpha value is -0.370. The largest absolute Gasteiger partial charge is 0.406 e. The van der Waals surface area contributed by atoms with Crippen LogP contribution >= 0.6 is 0 Å². The number of alkyl halides is 3. The van der Waals surface area contributed by atoms with Gasteiger partial charge in [0, 0.05) is 13.2 Å². The number of hydrogen-bond acceptors (Lipinski definition) is 4. The van der Waals surface area contributed by atoms with E-state index in [9.17, 15) is 18.3 Å². The van der Waals surface area contributed by atoms with Crippen molar-refractivity contribution in [3.63, 3.8) is 0 Å². The number of unbranched alkanes of at least 4 members (excludes halogenated alkanes) is 1. The third-order valence-corrected chi connectivity index (χ3v) is 3.29. The maximum atomic E-state index is 12.6. The van der Waals surface area contributed by atoms with Crippen LogP contribution in [0.5, 0.6) is 0 Å². The normalized spacial score (nSPS) is 19.1. The molecule has 4 nitrogen and oxygen atoms in total. The number of halogens is 3. The van der Waals surface area contributed by atoms with Gasteiger partial charge in [-0.3, -0.25) is 0 Å². The second kappa shape index (κ2) is 8.17. The van der Waals surface area contributed by atoms with E-state index >= 15 is 0 Å². The van der Waals surface area contributed by atoms with E-state index in [1.807, 2.05) is 0 Å². The number of nitrogens with one attached hydrogen (secondary N) is 1. The Morgan fingerprint density at radius 1 is 1.20 bits per heavy atom. The highest BCUT2D eigenvalue weighted by molar-refractivity contribution is 5.08. The highest BCUT2D eigenvalue weighted by Crippen LogP contribution is 2.48. The Balaban J connectivity index is 2.00. The molecule has 0 amide bonds. The Kier molecular flexibility index (Phi) is 7.22. The van der Waals surface area contributed by atoms with Gasteiger partial charge in [-0.25, -0.2) is 0 Å². The number of aliphatic hydroxyl groups excluding tert-OH is 1. The Labute approximate surface area is 117 Å². The Bertz CT molecular complexity index is 270. The topological polar surface area (TPSA) is 50.7 Å². The number of rotatable bonds is 11. The minimum absolute atomic E-state index is 0.0120. The highest BCUT2D eigenvalue weighted by atomic mass is 19.4. The predicted octanol–water partition coefficient (Wildman–Crippen LogP) is 1.87. The number of aliphatic hydroxyl groups is 1. The summed E-state index contributed by atoms with van der Waals surface area (Å²) in [5, 5.41) is 11.9. The standard InChI is InChI=1S/C13H24F3NO3/c1-2-3-6-19-7-8-20-10-11(18)9-17-12(4-5-12)13(14,15)16/h11,17-18H,2-10H2,1H3. The summed E-state index contributed by atoms with van der Waals surface area (Å²) in [5.41, 5.74) is -1.78. The summed E-state index contributed by atoms with van der Waals surface area (Å²) in [6.45, 7) is 3.42. The van der Waals surface area contributed by atoms with Gasteiger partial charge in [0.25, 0.3) is 0 Å². The zero-order valence-electron chi connectivity index (χ0n) is 11.8. The molecule has 2 N–H and O–H groups in total. The average molecular weight is 299 g/mol. The molecular weight excluding hydrogens is 275 g/mol. The molecule has 1 saturated carbocycles. The molecule has 1 aliphatic carbocycles. The molecule has 120 valence electrons. The summed E-state index contributed by atoms with van der Waals surface area (Å²) in [5.74, 6) is 0. The van der Waals surface area contributed by atoms with Gasteiger partial charge in [0.05, 0.1) is 25.9 Å². The molecule has 1 unspecified atom stereocenters. The lowest BCUT2D eigenvalue weighted by Gasteiger charge is -2.22. The molecule has 1 aliphatic rings.